The normalized spacial score (nSPS) is 18.3. The Bertz CT molecular complexity index is 3320. The van der Waals surface area contributed by atoms with E-state index in [1.54, 1.807) is 0 Å². The van der Waals surface area contributed by atoms with Gasteiger partial charge in [-0.2, -0.15) is 0 Å². The van der Waals surface area contributed by atoms with E-state index >= 15 is 0 Å². The highest BCUT2D eigenvalue weighted by molar-refractivity contribution is 5.99. The van der Waals surface area contributed by atoms with Gasteiger partial charge >= 0.3 is 11.9 Å². The maximum Gasteiger partial charge on any atom is 0.315 e. The third-order valence-electron chi connectivity index (χ3n) is 16.1. The molecule has 0 amide bonds. The van der Waals surface area contributed by atoms with E-state index in [1.165, 1.54) is 63.6 Å². The van der Waals surface area contributed by atoms with E-state index in [2.05, 4.69) is 188 Å². The monoisotopic (exact) mass is 985 g/mol. The Kier molecular flexibility index (Phi) is 14.2. The molecule has 74 heavy (non-hydrogen) atoms. The minimum absolute atomic E-state index is 0.0368. The van der Waals surface area contributed by atoms with Crippen LogP contribution in [0, 0.1) is 0 Å². The number of rotatable bonds is 15. The molecule has 0 bridgehead atoms. The molecule has 8 nitrogen and oxygen atoms in total. The smallest absolute Gasteiger partial charge is 0.315 e. The van der Waals surface area contributed by atoms with Gasteiger partial charge in [0.25, 0.3) is 0 Å². The van der Waals surface area contributed by atoms with E-state index in [9.17, 15) is 9.59 Å². The summed E-state index contributed by atoms with van der Waals surface area (Å²) < 4.78 is 24.0. The first-order chi connectivity index (χ1) is 35.7. The summed E-state index contributed by atoms with van der Waals surface area (Å²) in [7, 11) is 2.88. The fourth-order valence-corrected chi connectivity index (χ4v) is 11.5. The van der Waals surface area contributed by atoms with Gasteiger partial charge in [0, 0.05) is 48.1 Å². The van der Waals surface area contributed by atoms with Crippen LogP contribution in [0.15, 0.2) is 170 Å². The zero-order valence-electron chi connectivity index (χ0n) is 43.9. The number of benzene rings is 8. The van der Waals surface area contributed by atoms with Crippen LogP contribution in [0.1, 0.15) is 123 Å². The van der Waals surface area contributed by atoms with Crippen molar-refractivity contribution >= 4 is 33.5 Å². The van der Waals surface area contributed by atoms with E-state index in [-0.39, 0.29) is 48.1 Å². The molecule has 0 fully saturated rings. The Morgan fingerprint density at radius 2 is 1.00 bits per heavy atom. The molecule has 2 aliphatic heterocycles. The van der Waals surface area contributed by atoms with Crippen molar-refractivity contribution in [2.75, 3.05) is 27.3 Å². The van der Waals surface area contributed by atoms with Crippen molar-refractivity contribution in [3.63, 3.8) is 0 Å². The second kappa shape index (κ2) is 20.9. The number of nitrogens with one attached hydrogen (secondary N) is 2. The average molecular weight is 985 g/mol. The number of para-hydroxylation sites is 1. The lowest BCUT2D eigenvalue weighted by Gasteiger charge is -2.34. The molecular formula is C66H68N2O6. The van der Waals surface area contributed by atoms with Gasteiger partial charge in [0.15, 0.2) is 0 Å². The van der Waals surface area contributed by atoms with E-state index in [1.807, 2.05) is 33.8 Å². The van der Waals surface area contributed by atoms with Crippen molar-refractivity contribution in [2.45, 2.75) is 101 Å². The van der Waals surface area contributed by atoms with Crippen molar-refractivity contribution in [1.29, 1.82) is 0 Å². The van der Waals surface area contributed by atoms with Crippen LogP contribution in [0.3, 0.4) is 0 Å². The molecule has 0 radical (unpaired) electrons. The van der Waals surface area contributed by atoms with Crippen LogP contribution >= 0.6 is 0 Å². The van der Waals surface area contributed by atoms with Gasteiger partial charge in [-0.1, -0.05) is 158 Å². The third-order valence-corrected chi connectivity index (χ3v) is 16.1. The number of hydrogen-bond donors (Lipinski definition) is 2. The van der Waals surface area contributed by atoms with Crippen LogP contribution < -0.4 is 20.1 Å². The van der Waals surface area contributed by atoms with Crippen LogP contribution in [0.25, 0.3) is 32.7 Å². The van der Waals surface area contributed by atoms with Gasteiger partial charge in [0.05, 0.1) is 25.0 Å². The number of carbonyl (C=O) groups excluding carboxylic acids is 2. The number of fused-ring (bicyclic) bond motifs is 4. The molecule has 2 N–H and O–H groups in total. The Labute approximate surface area is 436 Å². The SMILES string of the molecule is COC(=O)C(C)(C)c1ccc([C@H]2C[C@H](CN[C@H](C)c3cccc4c(-c5ccc6c(c5)O[C@@H](CN[C@H](C)c5cccc7ccccc57)C[C@H]6c5ccc(C(C)(C)C(=O)OC)cc5)cccc34)Oc3ccccc32)cc1. The first-order valence-electron chi connectivity index (χ1n) is 26.2. The standard InChI is InChI=1S/C66H68N2O6/c1-41(51-20-13-17-43-16-9-10-18-53(43)51)67-40-50-38-60(45-28-33-48(34-29-45)66(5,6)64(70)72-8)58-35-30-46(36-62(58)74-50)54-22-15-23-55-52(21-14-24-56(54)55)42(2)68-39-49-37-59(57-19-11-12-25-61(57)73-49)44-26-31-47(32-27-44)65(3,4)63(69)71-7/h9-36,41-42,49-50,59-60,67-68H,37-40H2,1-8H3/t41-,42-,49-,50-,59-,60+/m1/s1. The van der Waals surface area contributed by atoms with Gasteiger partial charge < -0.3 is 29.6 Å². The molecule has 8 heteroatoms. The Hall–Kier alpha value is -7.26. The Balaban J connectivity index is 0.903. The predicted octanol–water partition coefficient (Wildman–Crippen LogP) is 13.8. The number of esters is 2. The van der Waals surface area contributed by atoms with Crippen LogP contribution in [0.5, 0.6) is 11.5 Å². The first kappa shape index (κ1) is 50.3. The molecular weight excluding hydrogens is 917 g/mol. The lowest BCUT2D eigenvalue weighted by atomic mass is 9.80. The van der Waals surface area contributed by atoms with Gasteiger partial charge in [-0.3, -0.25) is 9.59 Å². The van der Waals surface area contributed by atoms with Gasteiger partial charge in [-0.25, -0.2) is 0 Å². The molecule has 0 aliphatic carbocycles. The summed E-state index contributed by atoms with van der Waals surface area (Å²) in [6.45, 7) is 13.4. The maximum absolute atomic E-state index is 12.8. The van der Waals surface area contributed by atoms with Gasteiger partial charge in [0.1, 0.15) is 23.7 Å². The zero-order chi connectivity index (χ0) is 51.7. The largest absolute Gasteiger partial charge is 0.489 e. The second-order valence-electron chi connectivity index (χ2n) is 21.4. The summed E-state index contributed by atoms with van der Waals surface area (Å²) in [5.74, 6) is 1.51. The van der Waals surface area contributed by atoms with Crippen molar-refractivity contribution < 1.29 is 28.5 Å². The highest BCUT2D eigenvalue weighted by atomic mass is 16.5. The highest BCUT2D eigenvalue weighted by Crippen LogP contribution is 2.45. The highest BCUT2D eigenvalue weighted by Gasteiger charge is 2.35. The molecule has 0 aromatic heterocycles. The lowest BCUT2D eigenvalue weighted by molar-refractivity contribution is -0.147. The summed E-state index contributed by atoms with van der Waals surface area (Å²) in [5, 5.41) is 12.6. The molecule has 0 saturated carbocycles. The molecule has 378 valence electrons. The minimum atomic E-state index is -0.769. The fraction of sp³-hybridized carbons (Fsp3) is 0.303. The number of carbonyl (C=O) groups is 2. The van der Waals surface area contributed by atoms with Crippen LogP contribution in [0.2, 0.25) is 0 Å². The second-order valence-corrected chi connectivity index (χ2v) is 21.4. The van der Waals surface area contributed by atoms with Crippen molar-refractivity contribution in [3.05, 3.63) is 214 Å². The summed E-state index contributed by atoms with van der Waals surface area (Å²) in [5.41, 5.74) is 9.78. The summed E-state index contributed by atoms with van der Waals surface area (Å²) >= 11 is 0. The molecule has 6 atom stereocenters. The summed E-state index contributed by atoms with van der Waals surface area (Å²) in [6.07, 6.45) is 1.46. The third kappa shape index (κ3) is 9.81. The summed E-state index contributed by atoms with van der Waals surface area (Å²) in [6, 6.07) is 60.5. The molecule has 0 spiro atoms. The lowest BCUT2D eigenvalue weighted by Crippen LogP contribution is -2.37. The average Bonchev–Trinajstić information content (AvgIpc) is 3.44. The van der Waals surface area contributed by atoms with Crippen LogP contribution in [0.4, 0.5) is 0 Å². The number of hydrogen-bond acceptors (Lipinski definition) is 8. The van der Waals surface area contributed by atoms with E-state index in [4.69, 9.17) is 18.9 Å². The topological polar surface area (TPSA) is 95.1 Å². The minimum Gasteiger partial charge on any atom is -0.489 e. The van der Waals surface area contributed by atoms with Crippen LogP contribution in [-0.4, -0.2) is 51.5 Å². The van der Waals surface area contributed by atoms with E-state index < -0.39 is 10.8 Å². The molecule has 10 rings (SSSR count). The van der Waals surface area contributed by atoms with Crippen molar-refractivity contribution in [3.8, 4) is 22.6 Å². The Morgan fingerprint density at radius 3 is 1.61 bits per heavy atom. The van der Waals surface area contributed by atoms with E-state index in [0.717, 1.165) is 52.2 Å². The van der Waals surface area contributed by atoms with Gasteiger partial charge in [-0.05, 0) is 133 Å². The maximum atomic E-state index is 12.8. The van der Waals surface area contributed by atoms with Crippen molar-refractivity contribution in [2.24, 2.45) is 0 Å². The van der Waals surface area contributed by atoms with Gasteiger partial charge in [-0.15, -0.1) is 0 Å². The van der Waals surface area contributed by atoms with Crippen LogP contribution in [-0.2, 0) is 29.9 Å². The molecule has 0 saturated heterocycles. The number of ether oxygens (including phenoxy) is 4. The summed E-state index contributed by atoms with van der Waals surface area (Å²) in [4.78, 5) is 25.4. The predicted molar refractivity (Wildman–Crippen MR) is 297 cm³/mol. The van der Waals surface area contributed by atoms with Crippen molar-refractivity contribution in [1.82, 2.24) is 10.6 Å². The zero-order valence-corrected chi connectivity index (χ0v) is 43.9. The molecule has 8 aromatic carbocycles. The van der Waals surface area contributed by atoms with Gasteiger partial charge in [0.2, 0.25) is 0 Å². The molecule has 2 heterocycles. The van der Waals surface area contributed by atoms with E-state index in [0.29, 0.717) is 13.1 Å². The molecule has 0 unspecified atom stereocenters. The quantitative estimate of drug-likeness (QED) is 0.0981. The fourth-order valence-electron chi connectivity index (χ4n) is 11.5. The molecule has 2 aliphatic rings. The number of methoxy groups -OCH3 is 2. The first-order valence-corrected chi connectivity index (χ1v) is 26.2. The Morgan fingerprint density at radius 1 is 0.527 bits per heavy atom. The molecule has 8 aromatic rings.